The van der Waals surface area contributed by atoms with Crippen molar-refractivity contribution in [2.24, 2.45) is 23.2 Å². The highest BCUT2D eigenvalue weighted by Crippen LogP contribution is 2.60. The van der Waals surface area contributed by atoms with Crippen molar-refractivity contribution in [1.82, 2.24) is 5.32 Å². The molecule has 0 saturated heterocycles. The maximum atomic E-state index is 13.0. The number of amides is 1. The number of hydrogen-bond donors (Lipinski definition) is 1. The quantitative estimate of drug-likeness (QED) is 0.825. The average molecular weight is 365 g/mol. The number of carbonyl (C=O) groups is 1. The number of hydrogen-bond acceptors (Lipinski definition) is 3. The van der Waals surface area contributed by atoms with E-state index in [2.05, 4.69) is 10.1 Å². The van der Waals surface area contributed by atoms with E-state index >= 15 is 0 Å². The Kier molecular flexibility index (Phi) is 4.53. The smallest absolute Gasteiger partial charge is 0.387 e. The van der Waals surface area contributed by atoms with Gasteiger partial charge in [-0.05, 0) is 74.0 Å². The van der Waals surface area contributed by atoms with Crippen molar-refractivity contribution in [2.45, 2.75) is 51.7 Å². The first kappa shape index (κ1) is 17.6. The maximum Gasteiger partial charge on any atom is 0.387 e. The summed E-state index contributed by atoms with van der Waals surface area (Å²) in [5, 5.41) is 3.08. The first-order valence-corrected chi connectivity index (χ1v) is 9.37. The fourth-order valence-corrected chi connectivity index (χ4v) is 5.77. The van der Waals surface area contributed by atoms with Gasteiger partial charge in [0.1, 0.15) is 0 Å². The van der Waals surface area contributed by atoms with Crippen LogP contribution in [0.4, 0.5) is 8.78 Å². The lowest BCUT2D eigenvalue weighted by Crippen LogP contribution is -2.53. The van der Waals surface area contributed by atoms with Gasteiger partial charge in [0.2, 0.25) is 5.91 Å². The Morgan fingerprint density at radius 2 is 1.77 bits per heavy atom. The van der Waals surface area contributed by atoms with E-state index in [0.29, 0.717) is 6.54 Å². The Morgan fingerprint density at radius 3 is 2.31 bits per heavy atom. The summed E-state index contributed by atoms with van der Waals surface area (Å²) in [7, 11) is 1.41. The number of benzene rings is 1. The van der Waals surface area contributed by atoms with E-state index < -0.39 is 6.61 Å². The summed E-state index contributed by atoms with van der Waals surface area (Å²) in [4.78, 5) is 13.0. The van der Waals surface area contributed by atoms with Crippen LogP contribution in [-0.2, 0) is 11.3 Å². The second-order valence-electron chi connectivity index (χ2n) is 8.24. The summed E-state index contributed by atoms with van der Waals surface area (Å²) in [5.41, 5.74) is 0.624. The zero-order chi connectivity index (χ0) is 18.3. The summed E-state index contributed by atoms with van der Waals surface area (Å²) in [6, 6.07) is 4.77. The molecule has 4 fully saturated rings. The highest BCUT2D eigenvalue weighted by atomic mass is 19.3. The van der Waals surface area contributed by atoms with Crippen LogP contribution in [0.15, 0.2) is 18.2 Å². The second kappa shape index (κ2) is 6.71. The van der Waals surface area contributed by atoms with Gasteiger partial charge >= 0.3 is 6.61 Å². The van der Waals surface area contributed by atoms with Crippen molar-refractivity contribution in [3.63, 3.8) is 0 Å². The number of carbonyl (C=O) groups excluding carboxylic acids is 1. The predicted molar refractivity (Wildman–Crippen MR) is 92.1 cm³/mol. The van der Waals surface area contributed by atoms with Gasteiger partial charge in [-0.3, -0.25) is 4.79 Å². The van der Waals surface area contributed by atoms with Gasteiger partial charge in [0.05, 0.1) is 7.11 Å². The Bertz CT molecular complexity index is 656. The standard InChI is InChI=1S/C20H25F2NO3/c1-25-17-7-12(2-3-16(17)26-19(21)22)11-23-18(24)20-8-13-4-14(9-20)6-15(5-13)10-20/h2-3,7,13-15,19H,4-6,8-11H2,1H3,(H,23,24). The van der Waals surface area contributed by atoms with Gasteiger partial charge in [-0.25, -0.2) is 0 Å². The minimum Gasteiger partial charge on any atom is -0.493 e. The third-order valence-electron chi connectivity index (χ3n) is 6.42. The highest BCUT2D eigenvalue weighted by molar-refractivity contribution is 5.83. The Morgan fingerprint density at radius 1 is 1.15 bits per heavy atom. The molecule has 4 aliphatic rings. The first-order valence-electron chi connectivity index (χ1n) is 9.37. The number of methoxy groups -OCH3 is 1. The fraction of sp³-hybridized carbons (Fsp3) is 0.650. The largest absolute Gasteiger partial charge is 0.493 e. The van der Waals surface area contributed by atoms with Crippen molar-refractivity contribution in [1.29, 1.82) is 0 Å². The van der Waals surface area contributed by atoms with Gasteiger partial charge in [-0.15, -0.1) is 0 Å². The lowest BCUT2D eigenvalue weighted by molar-refractivity contribution is -0.146. The molecule has 0 atom stereocenters. The van der Waals surface area contributed by atoms with E-state index in [0.717, 1.165) is 42.6 Å². The highest BCUT2D eigenvalue weighted by Gasteiger charge is 2.54. The SMILES string of the molecule is COc1cc(CNC(=O)C23CC4CC(CC(C4)C2)C3)ccc1OC(F)F. The molecule has 142 valence electrons. The van der Waals surface area contributed by atoms with Crippen LogP contribution >= 0.6 is 0 Å². The molecule has 0 spiro atoms. The summed E-state index contributed by atoms with van der Waals surface area (Å²) >= 11 is 0. The second-order valence-corrected chi connectivity index (χ2v) is 8.24. The van der Waals surface area contributed by atoms with Gasteiger partial charge in [0, 0.05) is 12.0 Å². The molecule has 1 aromatic rings. The molecule has 1 N–H and O–H groups in total. The van der Waals surface area contributed by atoms with Crippen LogP contribution in [0, 0.1) is 23.2 Å². The Balaban J connectivity index is 1.42. The van der Waals surface area contributed by atoms with Crippen LogP contribution in [0.1, 0.15) is 44.1 Å². The van der Waals surface area contributed by atoms with Gasteiger partial charge in [0.15, 0.2) is 11.5 Å². The third-order valence-corrected chi connectivity index (χ3v) is 6.42. The van der Waals surface area contributed by atoms with E-state index in [4.69, 9.17) is 4.74 Å². The van der Waals surface area contributed by atoms with Crippen molar-refractivity contribution < 1.29 is 23.0 Å². The topological polar surface area (TPSA) is 47.6 Å². The van der Waals surface area contributed by atoms with Crippen LogP contribution in [0.3, 0.4) is 0 Å². The number of nitrogens with one attached hydrogen (secondary N) is 1. The normalized spacial score (nSPS) is 31.9. The first-order chi connectivity index (χ1) is 12.5. The van der Waals surface area contributed by atoms with Gasteiger partial charge in [-0.2, -0.15) is 8.78 Å². The van der Waals surface area contributed by atoms with Crippen molar-refractivity contribution in [3.05, 3.63) is 23.8 Å². The number of rotatable bonds is 6. The molecule has 6 heteroatoms. The van der Waals surface area contributed by atoms with E-state index in [9.17, 15) is 13.6 Å². The molecular formula is C20H25F2NO3. The molecule has 4 saturated carbocycles. The number of ether oxygens (including phenoxy) is 2. The maximum absolute atomic E-state index is 13.0. The summed E-state index contributed by atoms with van der Waals surface area (Å²) in [6.07, 6.45) is 6.97. The van der Waals surface area contributed by atoms with Gasteiger partial charge in [0.25, 0.3) is 0 Å². The van der Waals surface area contributed by atoms with Crippen LogP contribution in [0.2, 0.25) is 0 Å². The number of alkyl halides is 2. The molecule has 0 radical (unpaired) electrons. The van der Waals surface area contributed by atoms with Crippen molar-refractivity contribution in [3.8, 4) is 11.5 Å². The zero-order valence-corrected chi connectivity index (χ0v) is 15.0. The van der Waals surface area contributed by atoms with E-state index in [1.165, 1.54) is 32.4 Å². The van der Waals surface area contributed by atoms with Crippen molar-refractivity contribution in [2.75, 3.05) is 7.11 Å². The summed E-state index contributed by atoms with van der Waals surface area (Å²) < 4.78 is 34.4. The minimum atomic E-state index is -2.90. The monoisotopic (exact) mass is 365 g/mol. The van der Waals surface area contributed by atoms with E-state index in [1.54, 1.807) is 12.1 Å². The number of halogens is 2. The molecule has 0 unspecified atom stereocenters. The van der Waals surface area contributed by atoms with Gasteiger partial charge in [-0.1, -0.05) is 6.07 Å². The minimum absolute atomic E-state index is 0.00124. The molecule has 1 amide bonds. The summed E-state index contributed by atoms with van der Waals surface area (Å²) in [5.74, 6) is 2.56. The molecule has 0 aliphatic heterocycles. The van der Waals surface area contributed by atoms with E-state index in [-0.39, 0.29) is 22.8 Å². The average Bonchev–Trinajstić information content (AvgIpc) is 2.59. The van der Waals surface area contributed by atoms with Crippen LogP contribution in [-0.4, -0.2) is 19.6 Å². The molecule has 26 heavy (non-hydrogen) atoms. The summed E-state index contributed by atoms with van der Waals surface area (Å²) in [6.45, 7) is -2.53. The van der Waals surface area contributed by atoms with Crippen molar-refractivity contribution >= 4 is 5.91 Å². The Hall–Kier alpha value is -1.85. The molecule has 4 aliphatic carbocycles. The Labute approximate surface area is 152 Å². The van der Waals surface area contributed by atoms with Gasteiger partial charge < -0.3 is 14.8 Å². The third kappa shape index (κ3) is 3.26. The predicted octanol–water partition coefficient (Wildman–Crippen LogP) is 4.13. The lowest BCUT2D eigenvalue weighted by Gasteiger charge is -2.55. The van der Waals surface area contributed by atoms with Crippen LogP contribution in [0.25, 0.3) is 0 Å². The van der Waals surface area contributed by atoms with Crippen LogP contribution < -0.4 is 14.8 Å². The molecule has 0 heterocycles. The fourth-order valence-electron chi connectivity index (χ4n) is 5.77. The molecule has 1 aromatic carbocycles. The molecule has 0 aromatic heterocycles. The van der Waals surface area contributed by atoms with E-state index in [1.807, 2.05) is 0 Å². The molecule has 5 rings (SSSR count). The molecule has 4 nitrogen and oxygen atoms in total. The lowest BCUT2D eigenvalue weighted by atomic mass is 9.49. The zero-order valence-electron chi connectivity index (χ0n) is 15.0. The molecular weight excluding hydrogens is 340 g/mol. The van der Waals surface area contributed by atoms with Crippen LogP contribution in [0.5, 0.6) is 11.5 Å². The molecule has 4 bridgehead atoms.